The van der Waals surface area contributed by atoms with Crippen molar-refractivity contribution in [3.63, 3.8) is 0 Å². The highest BCUT2D eigenvalue weighted by Crippen LogP contribution is 2.81. The molecule has 34 heavy (non-hydrogen) atoms. The molecule has 1 heterocycles. The third-order valence-corrected chi connectivity index (χ3v) is 7.32. The van der Waals surface area contributed by atoms with Crippen LogP contribution in [0.5, 0.6) is 5.75 Å². The molecule has 1 unspecified atom stereocenters. The number of hydrogen-bond acceptors (Lipinski definition) is 3. The highest BCUT2D eigenvalue weighted by Gasteiger charge is 2.85. The second-order valence-corrected chi connectivity index (χ2v) is 9.42. The first-order chi connectivity index (χ1) is 15.8. The minimum atomic E-state index is -4.92. The Bertz CT molecular complexity index is 1120. The van der Waals surface area contributed by atoms with Gasteiger partial charge < -0.3 is 14.6 Å². The Balaban J connectivity index is 1.30. The molecule has 3 aliphatic carbocycles. The van der Waals surface area contributed by atoms with E-state index in [0.717, 1.165) is 24.3 Å². The lowest BCUT2D eigenvalue weighted by Gasteiger charge is -2.73. The predicted octanol–water partition coefficient (Wildman–Crippen LogP) is 5.39. The summed E-state index contributed by atoms with van der Waals surface area (Å²) in [7, 11) is 0. The summed E-state index contributed by atoms with van der Waals surface area (Å²) >= 11 is 0. The second-order valence-electron chi connectivity index (χ2n) is 9.42. The highest BCUT2D eigenvalue weighted by atomic mass is 19.4. The summed E-state index contributed by atoms with van der Waals surface area (Å²) in [6, 6.07) is 5.89. The summed E-state index contributed by atoms with van der Waals surface area (Å²) < 4.78 is 120. The number of hydrogen-bond donors (Lipinski definition) is 1. The van der Waals surface area contributed by atoms with Crippen molar-refractivity contribution in [1.82, 2.24) is 0 Å². The lowest BCUT2D eigenvalue weighted by Crippen LogP contribution is -2.74. The SMILES string of the molecule is O[C@H](COc1ccc(C23CC(C(F)(F)C4(c5ccc(F)cc5F)CO4)(C2)C3)cc1F)C(F)(F)F. The molecule has 2 bridgehead atoms. The van der Waals surface area contributed by atoms with E-state index in [2.05, 4.69) is 0 Å². The molecule has 1 saturated heterocycles. The Morgan fingerprint density at radius 3 is 2.12 bits per heavy atom. The van der Waals surface area contributed by atoms with Crippen LogP contribution in [0.1, 0.15) is 30.4 Å². The van der Waals surface area contributed by atoms with Crippen LogP contribution in [-0.2, 0) is 15.8 Å². The maximum absolute atomic E-state index is 15.6. The van der Waals surface area contributed by atoms with Crippen LogP contribution >= 0.6 is 0 Å². The van der Waals surface area contributed by atoms with Crippen molar-refractivity contribution in [3.05, 3.63) is 65.0 Å². The number of ether oxygens (including phenoxy) is 2. The summed E-state index contributed by atoms with van der Waals surface area (Å²) in [6.07, 6.45) is -7.76. The summed E-state index contributed by atoms with van der Waals surface area (Å²) in [5.74, 6) is -6.96. The van der Waals surface area contributed by atoms with Crippen molar-refractivity contribution < 1.29 is 49.7 Å². The van der Waals surface area contributed by atoms with Gasteiger partial charge in [0.15, 0.2) is 23.3 Å². The van der Waals surface area contributed by atoms with E-state index < -0.39 is 76.6 Å². The molecular formula is C23H18F8O3. The Hall–Kier alpha value is -2.40. The zero-order chi connectivity index (χ0) is 24.7. The van der Waals surface area contributed by atoms with E-state index in [4.69, 9.17) is 14.6 Å². The molecule has 2 aromatic carbocycles. The molecule has 184 valence electrons. The fourth-order valence-electron chi connectivity index (χ4n) is 5.46. The van der Waals surface area contributed by atoms with Crippen LogP contribution in [-0.4, -0.2) is 36.5 Å². The third-order valence-electron chi connectivity index (χ3n) is 7.32. The fourth-order valence-corrected chi connectivity index (χ4v) is 5.46. The van der Waals surface area contributed by atoms with E-state index in [1.165, 1.54) is 6.07 Å². The van der Waals surface area contributed by atoms with E-state index >= 15 is 8.78 Å². The first-order valence-electron chi connectivity index (χ1n) is 10.4. The molecule has 3 nitrogen and oxygen atoms in total. The first-order valence-corrected chi connectivity index (χ1v) is 10.4. The van der Waals surface area contributed by atoms with E-state index in [-0.39, 0.29) is 19.3 Å². The zero-order valence-electron chi connectivity index (χ0n) is 17.4. The maximum atomic E-state index is 15.6. The minimum Gasteiger partial charge on any atom is -0.487 e. The maximum Gasteiger partial charge on any atom is 0.417 e. The minimum absolute atomic E-state index is 0.0205. The van der Waals surface area contributed by atoms with Crippen molar-refractivity contribution in [2.75, 3.05) is 13.2 Å². The monoisotopic (exact) mass is 494 g/mol. The van der Waals surface area contributed by atoms with Gasteiger partial charge in [0.2, 0.25) is 0 Å². The zero-order valence-corrected chi connectivity index (χ0v) is 17.4. The van der Waals surface area contributed by atoms with E-state index in [1.54, 1.807) is 0 Å². The number of aliphatic hydroxyl groups is 1. The quantitative estimate of drug-likeness (QED) is 0.415. The number of benzene rings is 2. The van der Waals surface area contributed by atoms with Crippen molar-refractivity contribution in [1.29, 1.82) is 0 Å². The van der Waals surface area contributed by atoms with Gasteiger partial charge in [-0.25, -0.2) is 22.0 Å². The largest absolute Gasteiger partial charge is 0.487 e. The van der Waals surface area contributed by atoms with E-state index in [1.807, 2.05) is 0 Å². The normalized spacial score (nSPS) is 30.9. The lowest BCUT2D eigenvalue weighted by molar-refractivity contribution is -0.306. The average molecular weight is 494 g/mol. The number of halogens is 8. The molecule has 4 fully saturated rings. The molecule has 3 saturated carbocycles. The van der Waals surface area contributed by atoms with Gasteiger partial charge in [-0.05, 0) is 54.5 Å². The highest BCUT2D eigenvalue weighted by molar-refractivity contribution is 5.46. The Kier molecular flexibility index (Phi) is 4.85. The molecule has 11 heteroatoms. The van der Waals surface area contributed by atoms with Crippen LogP contribution in [0, 0.1) is 22.9 Å². The molecule has 0 amide bonds. The molecule has 1 N–H and O–H groups in total. The van der Waals surface area contributed by atoms with E-state index in [0.29, 0.717) is 11.6 Å². The Morgan fingerprint density at radius 1 is 0.941 bits per heavy atom. The van der Waals surface area contributed by atoms with Crippen molar-refractivity contribution in [3.8, 4) is 5.75 Å². The molecule has 6 rings (SSSR count). The van der Waals surface area contributed by atoms with Gasteiger partial charge in [-0.1, -0.05) is 6.07 Å². The van der Waals surface area contributed by atoms with Crippen LogP contribution < -0.4 is 4.74 Å². The van der Waals surface area contributed by atoms with Crippen molar-refractivity contribution >= 4 is 0 Å². The topological polar surface area (TPSA) is 42.0 Å². The number of aliphatic hydroxyl groups excluding tert-OH is 1. The molecule has 1 aliphatic heterocycles. The average Bonchev–Trinajstić information content (AvgIpc) is 3.46. The third kappa shape index (κ3) is 3.16. The molecule has 0 radical (unpaired) electrons. The van der Waals surface area contributed by atoms with Crippen LogP contribution in [0.3, 0.4) is 0 Å². The number of epoxide rings is 1. The summed E-state index contributed by atoms with van der Waals surface area (Å²) in [5.41, 5.74) is -4.44. The van der Waals surface area contributed by atoms with Crippen LogP contribution in [0.2, 0.25) is 0 Å². The number of alkyl halides is 5. The lowest BCUT2D eigenvalue weighted by atomic mass is 9.31. The van der Waals surface area contributed by atoms with Crippen molar-refractivity contribution in [2.45, 2.75) is 48.5 Å². The molecule has 0 aromatic heterocycles. The molecule has 2 aromatic rings. The van der Waals surface area contributed by atoms with Gasteiger partial charge in [-0.2, -0.15) is 13.2 Å². The summed E-state index contributed by atoms with van der Waals surface area (Å²) in [6.45, 7) is -1.61. The molecule has 2 atom stereocenters. The molecule has 0 spiro atoms. The predicted molar refractivity (Wildman–Crippen MR) is 101 cm³/mol. The summed E-state index contributed by atoms with van der Waals surface area (Å²) in [4.78, 5) is 0. The fraction of sp³-hybridized carbons (Fsp3) is 0.478. The first kappa shape index (κ1) is 23.3. The molecule has 4 aliphatic rings. The Labute approximate surface area is 188 Å². The van der Waals surface area contributed by atoms with Crippen LogP contribution in [0.4, 0.5) is 35.1 Å². The smallest absolute Gasteiger partial charge is 0.417 e. The van der Waals surface area contributed by atoms with Gasteiger partial charge >= 0.3 is 6.18 Å². The Morgan fingerprint density at radius 2 is 1.59 bits per heavy atom. The van der Waals surface area contributed by atoms with Gasteiger partial charge in [0.25, 0.3) is 5.92 Å². The van der Waals surface area contributed by atoms with E-state index in [9.17, 15) is 26.3 Å². The van der Waals surface area contributed by atoms with Gasteiger partial charge in [0.05, 0.1) is 6.61 Å². The van der Waals surface area contributed by atoms with Gasteiger partial charge in [-0.15, -0.1) is 0 Å². The van der Waals surface area contributed by atoms with Gasteiger partial charge in [0.1, 0.15) is 18.2 Å². The summed E-state index contributed by atoms with van der Waals surface area (Å²) in [5, 5.41) is 8.97. The second kappa shape index (κ2) is 7.07. The number of rotatable bonds is 7. The van der Waals surface area contributed by atoms with Gasteiger partial charge in [0, 0.05) is 17.0 Å². The van der Waals surface area contributed by atoms with Crippen molar-refractivity contribution in [2.24, 2.45) is 5.41 Å². The molecular weight excluding hydrogens is 476 g/mol. The van der Waals surface area contributed by atoms with Crippen LogP contribution in [0.15, 0.2) is 36.4 Å². The van der Waals surface area contributed by atoms with Gasteiger partial charge in [-0.3, -0.25) is 0 Å². The standard InChI is InChI=1S/C23H18F8O3/c24-13-2-3-14(15(25)6-13)21(11-34-21)23(30,31)20-8-19(9-20,10-20)12-1-4-17(16(26)5-12)33-7-18(32)22(27,28)29/h1-6,18,32H,7-11H2/t18-,19?,20?,21?/m1/s1. The van der Waals surface area contributed by atoms with Crippen LogP contribution in [0.25, 0.3) is 0 Å².